The van der Waals surface area contributed by atoms with Gasteiger partial charge in [0, 0.05) is 38.8 Å². The lowest BCUT2D eigenvalue weighted by Crippen LogP contribution is -2.53. The van der Waals surface area contributed by atoms with Crippen LogP contribution in [-0.2, 0) is 24.6 Å². The fraction of sp³-hybridized carbons (Fsp3) is 0.577. The predicted octanol–water partition coefficient (Wildman–Crippen LogP) is 2.28. The fourth-order valence-corrected chi connectivity index (χ4v) is 5.82. The van der Waals surface area contributed by atoms with Gasteiger partial charge in [-0.1, -0.05) is 32.0 Å². The van der Waals surface area contributed by atoms with Crippen LogP contribution in [0.5, 0.6) is 0 Å². The van der Waals surface area contributed by atoms with Crippen LogP contribution in [0.3, 0.4) is 0 Å². The number of para-hydroxylation sites is 1. The first-order valence-electron chi connectivity index (χ1n) is 12.5. The Morgan fingerprint density at radius 3 is 2.58 bits per heavy atom. The molecule has 0 unspecified atom stereocenters. The summed E-state index contributed by atoms with van der Waals surface area (Å²) < 4.78 is 38.6. The monoisotopic (exact) mass is 533 g/mol. The van der Waals surface area contributed by atoms with E-state index in [2.05, 4.69) is 11.4 Å². The number of rotatable bonds is 5. The fourth-order valence-electron chi connectivity index (χ4n) is 5.82. The highest BCUT2D eigenvalue weighted by molar-refractivity contribution is 6.07. The number of halogens is 3. The van der Waals surface area contributed by atoms with Gasteiger partial charge >= 0.3 is 12.1 Å². The average Bonchev–Trinajstić information content (AvgIpc) is 3.57. The van der Waals surface area contributed by atoms with Crippen molar-refractivity contribution in [2.45, 2.75) is 56.8 Å². The summed E-state index contributed by atoms with van der Waals surface area (Å²) in [6.45, 7) is 3.12. The van der Waals surface area contributed by atoms with Crippen LogP contribution in [0.15, 0.2) is 24.3 Å². The molecule has 0 saturated carbocycles. The van der Waals surface area contributed by atoms with Gasteiger partial charge in [0.2, 0.25) is 17.7 Å². The summed E-state index contributed by atoms with van der Waals surface area (Å²) in [5.74, 6) is -4.21. The van der Waals surface area contributed by atoms with Gasteiger partial charge in [-0.15, -0.1) is 0 Å². The summed E-state index contributed by atoms with van der Waals surface area (Å²) in [6.07, 6.45) is -4.61. The van der Waals surface area contributed by atoms with Crippen molar-refractivity contribution in [1.82, 2.24) is 14.7 Å². The minimum atomic E-state index is -5.02. The Morgan fingerprint density at radius 2 is 1.95 bits per heavy atom. The molecule has 0 aliphatic carbocycles. The zero-order valence-corrected chi connectivity index (χ0v) is 21.4. The third-order valence-corrected chi connectivity index (χ3v) is 7.78. The number of likely N-dealkylation sites (N-methyl/N-ethyl adjacent to an activating group) is 1. The first-order chi connectivity index (χ1) is 17.8. The highest BCUT2D eigenvalue weighted by atomic mass is 19.4. The molecule has 0 bridgehead atoms. The van der Waals surface area contributed by atoms with E-state index in [0.29, 0.717) is 16.2 Å². The normalized spacial score (nSPS) is 25.4. The van der Waals surface area contributed by atoms with Crippen molar-refractivity contribution in [3.8, 4) is 6.07 Å². The lowest BCUT2D eigenvalue weighted by molar-refractivity contribution is -0.184. The Morgan fingerprint density at radius 1 is 1.26 bits per heavy atom. The molecule has 4 amide bonds. The SMILES string of the molecule is CC(C)C[C@@H](C(=O)N1C[C@]2(C[C@H]1C#N)C(=O)Nc1ccccc12)N(C)C(=O)[C@H]1CCN(C(=O)C(F)(F)F)C1. The van der Waals surface area contributed by atoms with Crippen molar-refractivity contribution in [2.75, 3.05) is 32.0 Å². The van der Waals surface area contributed by atoms with Gasteiger partial charge in [-0.2, -0.15) is 18.4 Å². The van der Waals surface area contributed by atoms with Crippen LogP contribution in [0.4, 0.5) is 18.9 Å². The van der Waals surface area contributed by atoms with Gasteiger partial charge in [0.25, 0.3) is 0 Å². The molecule has 3 aliphatic heterocycles. The molecule has 1 aromatic rings. The minimum absolute atomic E-state index is 0.0270. The summed E-state index contributed by atoms with van der Waals surface area (Å²) in [5.41, 5.74) is 0.265. The summed E-state index contributed by atoms with van der Waals surface area (Å²) in [4.78, 5) is 55.1. The Labute approximate surface area is 218 Å². The van der Waals surface area contributed by atoms with E-state index in [1.54, 1.807) is 24.3 Å². The maximum atomic E-state index is 13.9. The molecule has 0 radical (unpaired) electrons. The van der Waals surface area contributed by atoms with Crippen molar-refractivity contribution >= 4 is 29.3 Å². The number of nitrogens with one attached hydrogen (secondary N) is 1. The van der Waals surface area contributed by atoms with E-state index in [1.165, 1.54) is 16.8 Å². The first-order valence-corrected chi connectivity index (χ1v) is 12.5. The van der Waals surface area contributed by atoms with Crippen molar-refractivity contribution in [3.63, 3.8) is 0 Å². The number of carbonyl (C=O) groups excluding carboxylic acids is 4. The Hall–Kier alpha value is -3.62. The highest BCUT2D eigenvalue weighted by Crippen LogP contribution is 2.46. The number of hydrogen-bond acceptors (Lipinski definition) is 5. The lowest BCUT2D eigenvalue weighted by Gasteiger charge is -2.34. The maximum Gasteiger partial charge on any atom is 0.471 e. The molecule has 1 aromatic carbocycles. The topological polar surface area (TPSA) is 114 Å². The van der Waals surface area contributed by atoms with E-state index >= 15 is 0 Å². The quantitative estimate of drug-likeness (QED) is 0.624. The van der Waals surface area contributed by atoms with Gasteiger partial charge in [0.1, 0.15) is 12.1 Å². The molecule has 12 heteroatoms. The van der Waals surface area contributed by atoms with Crippen LogP contribution in [0.1, 0.15) is 38.7 Å². The second-order valence-electron chi connectivity index (χ2n) is 10.7. The summed E-state index contributed by atoms with van der Waals surface area (Å²) in [7, 11) is 1.42. The van der Waals surface area contributed by atoms with Crippen LogP contribution in [0.25, 0.3) is 0 Å². The lowest BCUT2D eigenvalue weighted by atomic mass is 9.80. The number of nitrogens with zero attached hydrogens (tertiary/aromatic N) is 4. The molecule has 38 heavy (non-hydrogen) atoms. The predicted molar refractivity (Wildman–Crippen MR) is 129 cm³/mol. The molecule has 2 saturated heterocycles. The van der Waals surface area contributed by atoms with Gasteiger partial charge in [-0.05, 0) is 30.4 Å². The number of nitriles is 1. The Bertz CT molecular complexity index is 1200. The maximum absolute atomic E-state index is 13.9. The number of hydrogen-bond donors (Lipinski definition) is 1. The van der Waals surface area contributed by atoms with Crippen LogP contribution >= 0.6 is 0 Å². The van der Waals surface area contributed by atoms with E-state index in [1.807, 2.05) is 13.8 Å². The summed E-state index contributed by atoms with van der Waals surface area (Å²) in [5, 5.41) is 12.7. The molecule has 204 valence electrons. The summed E-state index contributed by atoms with van der Waals surface area (Å²) in [6, 6.07) is 7.37. The van der Waals surface area contributed by atoms with Gasteiger partial charge in [-0.25, -0.2) is 0 Å². The molecule has 4 atom stereocenters. The molecule has 3 heterocycles. The number of likely N-dealkylation sites (tertiary alicyclic amines) is 2. The number of anilines is 1. The summed E-state index contributed by atoms with van der Waals surface area (Å²) >= 11 is 0. The van der Waals surface area contributed by atoms with Crippen LogP contribution in [0.2, 0.25) is 0 Å². The number of carbonyl (C=O) groups is 4. The third kappa shape index (κ3) is 4.70. The van der Waals surface area contributed by atoms with Crippen molar-refractivity contribution in [3.05, 3.63) is 29.8 Å². The van der Waals surface area contributed by atoms with Gasteiger partial charge in [0.15, 0.2) is 0 Å². The molecule has 1 spiro atoms. The Balaban J connectivity index is 1.56. The van der Waals surface area contributed by atoms with E-state index in [9.17, 15) is 37.6 Å². The zero-order chi connectivity index (χ0) is 28.0. The largest absolute Gasteiger partial charge is 0.471 e. The smallest absolute Gasteiger partial charge is 0.334 e. The van der Waals surface area contributed by atoms with Crippen molar-refractivity contribution < 1.29 is 32.3 Å². The number of benzene rings is 1. The van der Waals surface area contributed by atoms with Crippen LogP contribution in [0, 0.1) is 23.2 Å². The molecule has 2 fully saturated rings. The van der Waals surface area contributed by atoms with Crippen molar-refractivity contribution in [2.24, 2.45) is 11.8 Å². The second kappa shape index (κ2) is 9.93. The first kappa shape index (κ1) is 27.4. The minimum Gasteiger partial charge on any atom is -0.334 e. The molecule has 4 rings (SSSR count). The van der Waals surface area contributed by atoms with Crippen LogP contribution < -0.4 is 5.32 Å². The standard InChI is InChI=1S/C26H30F3N5O4/c1-15(2)10-20(32(3)21(35)16-8-9-33(13-16)24(38)26(27,28)29)22(36)34-14-25(11-17(34)12-30)18-6-4-5-7-19(18)31-23(25)37/h4-7,15-17,20H,8-11,13-14H2,1-3H3,(H,31,37)/t16-,17-,20-,25-/m0/s1. The zero-order valence-electron chi connectivity index (χ0n) is 21.4. The molecule has 9 nitrogen and oxygen atoms in total. The average molecular weight is 534 g/mol. The van der Waals surface area contributed by atoms with Gasteiger partial charge < -0.3 is 20.0 Å². The third-order valence-electron chi connectivity index (χ3n) is 7.78. The molecule has 3 aliphatic rings. The van der Waals surface area contributed by atoms with E-state index < -0.39 is 47.3 Å². The van der Waals surface area contributed by atoms with E-state index in [0.717, 1.165) is 0 Å². The second-order valence-corrected chi connectivity index (χ2v) is 10.7. The molecule has 0 aromatic heterocycles. The molecule has 1 N–H and O–H groups in total. The van der Waals surface area contributed by atoms with E-state index in [-0.39, 0.29) is 50.7 Å². The van der Waals surface area contributed by atoms with Crippen molar-refractivity contribution in [1.29, 1.82) is 5.26 Å². The molecular weight excluding hydrogens is 503 g/mol. The number of amides is 4. The van der Waals surface area contributed by atoms with Gasteiger partial charge in [-0.3, -0.25) is 19.2 Å². The Kier molecular flexibility index (Phi) is 7.16. The van der Waals surface area contributed by atoms with E-state index in [4.69, 9.17) is 0 Å². The van der Waals surface area contributed by atoms with Gasteiger partial charge in [0.05, 0.1) is 17.4 Å². The molecular formula is C26H30F3N5O4. The number of fused-ring (bicyclic) bond motifs is 2. The highest BCUT2D eigenvalue weighted by Gasteiger charge is 2.57. The number of alkyl halides is 3. The van der Waals surface area contributed by atoms with Crippen LogP contribution in [-0.4, -0.2) is 83.3 Å².